The Labute approximate surface area is 118 Å². The highest BCUT2D eigenvalue weighted by molar-refractivity contribution is 5.99. The van der Waals surface area contributed by atoms with Crippen molar-refractivity contribution in [3.05, 3.63) is 17.7 Å². The fourth-order valence-electron chi connectivity index (χ4n) is 2.41. The van der Waals surface area contributed by atoms with Crippen molar-refractivity contribution in [2.24, 2.45) is 5.73 Å². The van der Waals surface area contributed by atoms with E-state index >= 15 is 0 Å². The van der Waals surface area contributed by atoms with Gasteiger partial charge in [0.15, 0.2) is 11.5 Å². The highest BCUT2D eigenvalue weighted by atomic mass is 16.5. The van der Waals surface area contributed by atoms with E-state index in [1.807, 2.05) is 6.92 Å². The van der Waals surface area contributed by atoms with Crippen LogP contribution in [0.1, 0.15) is 17.3 Å². The van der Waals surface area contributed by atoms with E-state index in [9.17, 15) is 4.79 Å². The Hall–Kier alpha value is -1.95. The molecule has 1 aliphatic heterocycles. The van der Waals surface area contributed by atoms with E-state index < -0.39 is 0 Å². The van der Waals surface area contributed by atoms with Crippen LogP contribution in [0.2, 0.25) is 0 Å². The van der Waals surface area contributed by atoms with Crippen molar-refractivity contribution in [3.63, 3.8) is 0 Å². The molecule has 20 heavy (non-hydrogen) atoms. The summed E-state index contributed by atoms with van der Waals surface area (Å²) in [4.78, 5) is 14.1. The van der Waals surface area contributed by atoms with Gasteiger partial charge in [0.05, 0.1) is 26.9 Å². The molecule has 1 heterocycles. The summed E-state index contributed by atoms with van der Waals surface area (Å²) in [7, 11) is 4.54. The van der Waals surface area contributed by atoms with Gasteiger partial charge in [0.2, 0.25) is 5.75 Å². The molecule has 2 N–H and O–H groups in total. The molecular formula is C14H20N2O4. The first kappa shape index (κ1) is 14.5. The van der Waals surface area contributed by atoms with E-state index in [1.165, 1.54) is 21.3 Å². The molecular weight excluding hydrogens is 260 g/mol. The van der Waals surface area contributed by atoms with Gasteiger partial charge in [0.25, 0.3) is 5.91 Å². The maximum Gasteiger partial charge on any atom is 0.257 e. The number of hydrogen-bond donors (Lipinski definition) is 1. The van der Waals surface area contributed by atoms with Crippen LogP contribution in [0.4, 0.5) is 0 Å². The van der Waals surface area contributed by atoms with Crippen molar-refractivity contribution in [2.45, 2.75) is 12.5 Å². The molecule has 0 bridgehead atoms. The maximum atomic E-state index is 12.5. The second-order valence-electron chi connectivity index (χ2n) is 5.20. The van der Waals surface area contributed by atoms with Gasteiger partial charge >= 0.3 is 0 Å². The minimum atomic E-state index is -0.306. The lowest BCUT2D eigenvalue weighted by Gasteiger charge is -2.45. The van der Waals surface area contributed by atoms with Gasteiger partial charge in [-0.2, -0.15) is 0 Å². The molecule has 1 saturated heterocycles. The van der Waals surface area contributed by atoms with E-state index in [2.05, 4.69) is 0 Å². The van der Waals surface area contributed by atoms with Gasteiger partial charge in [-0.05, 0) is 19.1 Å². The highest BCUT2D eigenvalue weighted by Gasteiger charge is 2.39. The van der Waals surface area contributed by atoms with E-state index in [1.54, 1.807) is 17.0 Å². The summed E-state index contributed by atoms with van der Waals surface area (Å²) in [6.07, 6.45) is 0. The molecule has 0 aromatic heterocycles. The summed E-state index contributed by atoms with van der Waals surface area (Å²) in [5, 5.41) is 0. The summed E-state index contributed by atoms with van der Waals surface area (Å²) in [6, 6.07) is 3.37. The van der Waals surface area contributed by atoms with Crippen LogP contribution in [0.15, 0.2) is 12.1 Å². The lowest BCUT2D eigenvalue weighted by molar-refractivity contribution is 0.0450. The quantitative estimate of drug-likeness (QED) is 0.886. The predicted molar refractivity (Wildman–Crippen MR) is 74.6 cm³/mol. The molecule has 2 rings (SSSR count). The number of methoxy groups -OCH3 is 3. The number of amides is 1. The summed E-state index contributed by atoms with van der Waals surface area (Å²) >= 11 is 0. The van der Waals surface area contributed by atoms with Crippen LogP contribution in [0.25, 0.3) is 0 Å². The number of nitrogens with two attached hydrogens (primary N) is 1. The molecule has 110 valence electrons. The maximum absolute atomic E-state index is 12.5. The largest absolute Gasteiger partial charge is 0.493 e. The molecule has 1 aromatic rings. The molecule has 1 fully saturated rings. The van der Waals surface area contributed by atoms with Crippen molar-refractivity contribution in [1.82, 2.24) is 4.90 Å². The van der Waals surface area contributed by atoms with Crippen LogP contribution in [0, 0.1) is 0 Å². The number of carbonyl (C=O) groups excluding carboxylic acids is 1. The number of nitrogens with zero attached hydrogens (tertiary/aromatic N) is 1. The topological polar surface area (TPSA) is 74.0 Å². The van der Waals surface area contributed by atoms with Gasteiger partial charge in [0, 0.05) is 18.6 Å². The summed E-state index contributed by atoms with van der Waals surface area (Å²) < 4.78 is 15.8. The number of carbonyl (C=O) groups is 1. The monoisotopic (exact) mass is 280 g/mol. The Balaban J connectivity index is 2.35. The first-order valence-electron chi connectivity index (χ1n) is 6.30. The van der Waals surface area contributed by atoms with Crippen molar-refractivity contribution in [1.29, 1.82) is 0 Å². The van der Waals surface area contributed by atoms with E-state index in [4.69, 9.17) is 19.9 Å². The zero-order valence-electron chi connectivity index (χ0n) is 12.2. The Morgan fingerprint density at radius 1 is 1.15 bits per heavy atom. The molecule has 6 nitrogen and oxygen atoms in total. The smallest absolute Gasteiger partial charge is 0.257 e. The predicted octanol–water partition coefficient (Wildman–Crippen LogP) is 0.886. The average Bonchev–Trinajstić information content (AvgIpc) is 2.41. The third kappa shape index (κ3) is 2.38. The van der Waals surface area contributed by atoms with Crippen LogP contribution in [0.5, 0.6) is 17.2 Å². The number of likely N-dealkylation sites (tertiary alicyclic amines) is 1. The van der Waals surface area contributed by atoms with Crippen LogP contribution >= 0.6 is 0 Å². The van der Waals surface area contributed by atoms with Crippen molar-refractivity contribution in [2.75, 3.05) is 34.4 Å². The molecule has 0 saturated carbocycles. The van der Waals surface area contributed by atoms with Crippen LogP contribution < -0.4 is 19.9 Å². The van der Waals surface area contributed by atoms with E-state index in [0.717, 1.165) is 0 Å². The summed E-state index contributed by atoms with van der Waals surface area (Å²) in [5.74, 6) is 1.19. The van der Waals surface area contributed by atoms with Gasteiger partial charge in [-0.3, -0.25) is 4.79 Å². The lowest BCUT2D eigenvalue weighted by atomic mass is 9.93. The van der Waals surface area contributed by atoms with Gasteiger partial charge in [0.1, 0.15) is 0 Å². The lowest BCUT2D eigenvalue weighted by Crippen LogP contribution is -2.66. The molecule has 0 spiro atoms. The van der Waals surface area contributed by atoms with Gasteiger partial charge < -0.3 is 24.8 Å². The standard InChI is InChI=1S/C14H20N2O4/c1-14(15)7-16(8-14)13(17)9-5-6-10(18-2)12(20-4)11(9)19-3/h5-6H,7-8,15H2,1-4H3. The third-order valence-electron chi connectivity index (χ3n) is 3.33. The number of benzene rings is 1. The van der Waals surface area contributed by atoms with E-state index in [0.29, 0.717) is 35.9 Å². The van der Waals surface area contributed by atoms with Gasteiger partial charge in [-0.1, -0.05) is 0 Å². The van der Waals surface area contributed by atoms with Gasteiger partial charge in [-0.15, -0.1) is 0 Å². The fraction of sp³-hybridized carbons (Fsp3) is 0.500. The normalized spacial score (nSPS) is 16.4. The second-order valence-corrected chi connectivity index (χ2v) is 5.20. The molecule has 1 amide bonds. The molecule has 0 atom stereocenters. The number of hydrogen-bond acceptors (Lipinski definition) is 5. The minimum absolute atomic E-state index is 0.120. The first-order chi connectivity index (χ1) is 9.43. The third-order valence-corrected chi connectivity index (χ3v) is 3.33. The molecule has 6 heteroatoms. The zero-order chi connectivity index (χ0) is 14.9. The molecule has 1 aromatic carbocycles. The Kier molecular flexibility index (Phi) is 3.76. The summed E-state index contributed by atoms with van der Waals surface area (Å²) in [6.45, 7) is 2.98. The number of rotatable bonds is 4. The van der Waals surface area contributed by atoms with Crippen LogP contribution in [-0.4, -0.2) is 50.8 Å². The van der Waals surface area contributed by atoms with E-state index in [-0.39, 0.29) is 11.4 Å². The summed E-state index contributed by atoms with van der Waals surface area (Å²) in [5.41, 5.74) is 6.07. The first-order valence-corrected chi connectivity index (χ1v) is 6.30. The minimum Gasteiger partial charge on any atom is -0.493 e. The number of ether oxygens (including phenoxy) is 3. The van der Waals surface area contributed by atoms with Gasteiger partial charge in [-0.25, -0.2) is 0 Å². The molecule has 0 radical (unpaired) electrons. The second kappa shape index (κ2) is 5.20. The van der Waals surface area contributed by atoms with Crippen molar-refractivity contribution >= 4 is 5.91 Å². The zero-order valence-corrected chi connectivity index (χ0v) is 12.2. The van der Waals surface area contributed by atoms with Crippen molar-refractivity contribution < 1.29 is 19.0 Å². The molecule has 0 unspecified atom stereocenters. The molecule has 1 aliphatic rings. The molecule has 0 aliphatic carbocycles. The van der Waals surface area contributed by atoms with Crippen molar-refractivity contribution in [3.8, 4) is 17.2 Å². The SMILES string of the molecule is COc1ccc(C(=O)N2CC(C)(N)C2)c(OC)c1OC. The fourth-order valence-corrected chi connectivity index (χ4v) is 2.41. The highest BCUT2D eigenvalue weighted by Crippen LogP contribution is 2.40. The Morgan fingerprint density at radius 3 is 2.20 bits per heavy atom. The Bertz CT molecular complexity index is 520. The van der Waals surface area contributed by atoms with Crippen LogP contribution in [0.3, 0.4) is 0 Å². The average molecular weight is 280 g/mol. The van der Waals surface area contributed by atoms with Crippen LogP contribution in [-0.2, 0) is 0 Å². The Morgan fingerprint density at radius 2 is 1.75 bits per heavy atom.